The zero-order chi connectivity index (χ0) is 10.4. The van der Waals surface area contributed by atoms with E-state index in [2.05, 4.69) is 33.9 Å². The lowest BCUT2D eigenvalue weighted by Gasteiger charge is -2.14. The maximum atomic E-state index is 4.58. The molecule has 0 bridgehead atoms. The fraction of sp³-hybridized carbons (Fsp3) is 0.818. The number of fused-ring (bicyclic) bond motifs is 1. The smallest absolute Gasteiger partial charge is 0.244 e. The Hall–Kier alpha value is -1.06. The minimum absolute atomic E-state index is 0.489. The molecule has 0 radical (unpaired) electrons. The number of nitrogens with zero attached hydrogens (tertiary/aromatic N) is 3. The van der Waals surface area contributed by atoms with Gasteiger partial charge < -0.3 is 4.90 Å². The van der Waals surface area contributed by atoms with Gasteiger partial charge in [-0.25, -0.2) is 0 Å². The van der Waals surface area contributed by atoms with Crippen molar-refractivity contribution in [3.63, 3.8) is 0 Å². The van der Waals surface area contributed by atoms with Crippen LogP contribution in [-0.2, 0) is 0 Å². The van der Waals surface area contributed by atoms with Crippen LogP contribution in [0.1, 0.15) is 38.4 Å². The Balaban J connectivity index is 1.73. The lowest BCUT2D eigenvalue weighted by molar-refractivity contribution is 0.682. The first-order valence-electron chi connectivity index (χ1n) is 5.95. The SMILES string of the molecule is CCC(C)c1nc(N2CC3CC3C2)n[nH]1. The quantitative estimate of drug-likeness (QED) is 0.819. The highest BCUT2D eigenvalue weighted by Crippen LogP contribution is 2.45. The van der Waals surface area contributed by atoms with Crippen LogP contribution in [0.15, 0.2) is 0 Å². The maximum Gasteiger partial charge on any atom is 0.244 e. The molecule has 4 heteroatoms. The van der Waals surface area contributed by atoms with E-state index < -0.39 is 0 Å². The van der Waals surface area contributed by atoms with Crippen LogP contribution in [0.2, 0.25) is 0 Å². The minimum atomic E-state index is 0.489. The van der Waals surface area contributed by atoms with Crippen LogP contribution in [-0.4, -0.2) is 28.3 Å². The van der Waals surface area contributed by atoms with Gasteiger partial charge in [-0.15, -0.1) is 5.10 Å². The molecule has 1 saturated carbocycles. The van der Waals surface area contributed by atoms with Gasteiger partial charge in [0.15, 0.2) is 0 Å². The molecule has 3 rings (SSSR count). The number of piperidine rings is 1. The second-order valence-electron chi connectivity index (χ2n) is 4.99. The van der Waals surface area contributed by atoms with Crippen molar-refractivity contribution in [3.8, 4) is 0 Å². The van der Waals surface area contributed by atoms with Crippen molar-refractivity contribution in [2.45, 2.75) is 32.6 Å². The summed E-state index contributed by atoms with van der Waals surface area (Å²) in [6, 6.07) is 0. The molecule has 82 valence electrons. The predicted molar refractivity (Wildman–Crippen MR) is 58.9 cm³/mol. The highest BCUT2D eigenvalue weighted by molar-refractivity contribution is 5.34. The molecule has 2 aliphatic rings. The van der Waals surface area contributed by atoms with E-state index in [9.17, 15) is 0 Å². The normalized spacial score (nSPS) is 30.4. The largest absolute Gasteiger partial charge is 0.339 e. The summed E-state index contributed by atoms with van der Waals surface area (Å²) in [5, 5.41) is 7.37. The Morgan fingerprint density at radius 2 is 2.20 bits per heavy atom. The van der Waals surface area contributed by atoms with Gasteiger partial charge in [-0.05, 0) is 24.7 Å². The minimum Gasteiger partial charge on any atom is -0.339 e. The lowest BCUT2D eigenvalue weighted by atomic mass is 10.1. The second-order valence-corrected chi connectivity index (χ2v) is 4.99. The first-order chi connectivity index (χ1) is 7.28. The maximum absolute atomic E-state index is 4.58. The van der Waals surface area contributed by atoms with Gasteiger partial charge in [0, 0.05) is 19.0 Å². The Bertz CT molecular complexity index is 349. The highest BCUT2D eigenvalue weighted by Gasteiger charge is 2.46. The summed E-state index contributed by atoms with van der Waals surface area (Å²) in [5.41, 5.74) is 0. The first-order valence-corrected chi connectivity index (χ1v) is 5.95. The van der Waals surface area contributed by atoms with E-state index in [1.807, 2.05) is 0 Å². The number of hydrogen-bond acceptors (Lipinski definition) is 3. The number of H-pyrrole nitrogens is 1. The van der Waals surface area contributed by atoms with Crippen molar-refractivity contribution in [2.24, 2.45) is 11.8 Å². The number of aromatic amines is 1. The molecule has 0 amide bonds. The van der Waals surface area contributed by atoms with Gasteiger partial charge in [-0.2, -0.15) is 4.98 Å². The summed E-state index contributed by atoms with van der Waals surface area (Å²) >= 11 is 0. The van der Waals surface area contributed by atoms with E-state index in [-0.39, 0.29) is 0 Å². The molecule has 1 aliphatic heterocycles. The monoisotopic (exact) mass is 206 g/mol. The van der Waals surface area contributed by atoms with E-state index in [1.54, 1.807) is 0 Å². The van der Waals surface area contributed by atoms with Crippen molar-refractivity contribution in [2.75, 3.05) is 18.0 Å². The zero-order valence-corrected chi connectivity index (χ0v) is 9.40. The van der Waals surface area contributed by atoms with Gasteiger partial charge in [0.25, 0.3) is 0 Å². The van der Waals surface area contributed by atoms with Gasteiger partial charge in [0.1, 0.15) is 5.82 Å². The summed E-state index contributed by atoms with van der Waals surface area (Å²) in [5.74, 6) is 4.32. The molecule has 1 aromatic heterocycles. The summed E-state index contributed by atoms with van der Waals surface area (Å²) in [7, 11) is 0. The molecule has 1 saturated heterocycles. The number of anilines is 1. The van der Waals surface area contributed by atoms with Gasteiger partial charge in [0.05, 0.1) is 0 Å². The van der Waals surface area contributed by atoms with Gasteiger partial charge >= 0.3 is 0 Å². The van der Waals surface area contributed by atoms with Crippen molar-refractivity contribution >= 4 is 5.95 Å². The Morgan fingerprint density at radius 3 is 2.87 bits per heavy atom. The Labute approximate surface area is 90.1 Å². The molecule has 1 aromatic rings. The summed E-state index contributed by atoms with van der Waals surface area (Å²) < 4.78 is 0. The van der Waals surface area contributed by atoms with Crippen molar-refractivity contribution in [3.05, 3.63) is 5.82 Å². The van der Waals surface area contributed by atoms with Crippen LogP contribution in [0.3, 0.4) is 0 Å². The first kappa shape index (κ1) is 9.19. The molecule has 3 atom stereocenters. The Kier molecular flexibility index (Phi) is 1.97. The van der Waals surface area contributed by atoms with Crippen molar-refractivity contribution in [1.29, 1.82) is 0 Å². The van der Waals surface area contributed by atoms with E-state index in [4.69, 9.17) is 0 Å². The third kappa shape index (κ3) is 1.52. The molecule has 15 heavy (non-hydrogen) atoms. The number of aromatic nitrogens is 3. The zero-order valence-electron chi connectivity index (χ0n) is 9.40. The van der Waals surface area contributed by atoms with Crippen LogP contribution in [0.25, 0.3) is 0 Å². The molecular formula is C11H18N4. The van der Waals surface area contributed by atoms with Crippen molar-refractivity contribution in [1.82, 2.24) is 15.2 Å². The van der Waals surface area contributed by atoms with Crippen LogP contribution >= 0.6 is 0 Å². The average Bonchev–Trinajstić information content (AvgIpc) is 2.75. The van der Waals surface area contributed by atoms with Gasteiger partial charge in [0.2, 0.25) is 5.95 Å². The molecular weight excluding hydrogens is 188 g/mol. The predicted octanol–water partition coefficient (Wildman–Crippen LogP) is 1.77. The molecule has 3 unspecified atom stereocenters. The molecule has 0 spiro atoms. The van der Waals surface area contributed by atoms with E-state index in [0.717, 1.165) is 30.0 Å². The second kappa shape index (κ2) is 3.22. The fourth-order valence-corrected chi connectivity index (χ4v) is 2.38. The molecule has 1 N–H and O–H groups in total. The van der Waals surface area contributed by atoms with Gasteiger partial charge in [-0.1, -0.05) is 13.8 Å². The topological polar surface area (TPSA) is 44.8 Å². The molecule has 0 aromatic carbocycles. The lowest BCUT2D eigenvalue weighted by Crippen LogP contribution is -2.23. The molecule has 4 nitrogen and oxygen atoms in total. The number of nitrogens with one attached hydrogen (secondary N) is 1. The van der Waals surface area contributed by atoms with Crippen LogP contribution in [0, 0.1) is 11.8 Å². The van der Waals surface area contributed by atoms with Crippen LogP contribution in [0.4, 0.5) is 5.95 Å². The Morgan fingerprint density at radius 1 is 1.47 bits per heavy atom. The van der Waals surface area contributed by atoms with Crippen LogP contribution in [0.5, 0.6) is 0 Å². The summed E-state index contributed by atoms with van der Waals surface area (Å²) in [4.78, 5) is 6.90. The third-order valence-electron chi connectivity index (χ3n) is 3.83. The summed E-state index contributed by atoms with van der Waals surface area (Å²) in [6.45, 7) is 6.70. The number of rotatable bonds is 3. The van der Waals surface area contributed by atoms with E-state index in [1.165, 1.54) is 19.5 Å². The standard InChI is InChI=1S/C11H18N4/c1-3-7(2)10-12-11(14-13-10)15-5-8-4-9(8)6-15/h7-9H,3-6H2,1-2H3,(H,12,13,14). The third-order valence-corrected chi connectivity index (χ3v) is 3.83. The summed E-state index contributed by atoms with van der Waals surface area (Å²) in [6.07, 6.45) is 2.54. The highest BCUT2D eigenvalue weighted by atomic mass is 15.4. The average molecular weight is 206 g/mol. The van der Waals surface area contributed by atoms with E-state index >= 15 is 0 Å². The van der Waals surface area contributed by atoms with Crippen LogP contribution < -0.4 is 4.90 Å². The van der Waals surface area contributed by atoms with E-state index in [0.29, 0.717) is 5.92 Å². The fourth-order valence-electron chi connectivity index (χ4n) is 2.38. The molecule has 1 aliphatic carbocycles. The van der Waals surface area contributed by atoms with Gasteiger partial charge in [-0.3, -0.25) is 5.10 Å². The number of hydrogen-bond donors (Lipinski definition) is 1. The molecule has 2 heterocycles. The molecule has 2 fully saturated rings. The van der Waals surface area contributed by atoms with Crippen molar-refractivity contribution < 1.29 is 0 Å².